The highest BCUT2D eigenvalue weighted by Gasteiger charge is 2.17. The van der Waals surface area contributed by atoms with Gasteiger partial charge in [0.1, 0.15) is 4.88 Å². The SMILES string of the molecule is CCc1ccccc1NC(=O)c1sc2ccccc2c1Cl. The molecule has 0 unspecified atom stereocenters. The quantitative estimate of drug-likeness (QED) is 0.691. The fourth-order valence-corrected chi connectivity index (χ4v) is 3.70. The first-order chi connectivity index (χ1) is 10.2. The maximum atomic E-state index is 12.5. The number of halogens is 1. The van der Waals surface area contributed by atoms with Gasteiger partial charge in [0, 0.05) is 15.8 Å². The van der Waals surface area contributed by atoms with E-state index in [-0.39, 0.29) is 5.91 Å². The summed E-state index contributed by atoms with van der Waals surface area (Å²) >= 11 is 7.76. The number of fused-ring (bicyclic) bond motifs is 1. The highest BCUT2D eigenvalue weighted by atomic mass is 35.5. The molecular weight excluding hydrogens is 302 g/mol. The van der Waals surface area contributed by atoms with E-state index in [0.717, 1.165) is 27.8 Å². The van der Waals surface area contributed by atoms with Crippen molar-refractivity contribution < 1.29 is 4.79 Å². The fourth-order valence-electron chi connectivity index (χ4n) is 2.29. The van der Waals surface area contributed by atoms with Crippen molar-refractivity contribution >= 4 is 44.6 Å². The van der Waals surface area contributed by atoms with Crippen molar-refractivity contribution in [3.63, 3.8) is 0 Å². The Balaban J connectivity index is 1.96. The maximum Gasteiger partial charge on any atom is 0.267 e. The first-order valence-electron chi connectivity index (χ1n) is 6.77. The maximum absolute atomic E-state index is 12.5. The van der Waals surface area contributed by atoms with Crippen molar-refractivity contribution in [2.75, 3.05) is 5.32 Å². The monoisotopic (exact) mass is 315 g/mol. The lowest BCUT2D eigenvalue weighted by Crippen LogP contribution is -2.12. The van der Waals surface area contributed by atoms with E-state index in [1.54, 1.807) is 0 Å². The number of carbonyl (C=O) groups excluding carboxylic acids is 1. The second-order valence-electron chi connectivity index (χ2n) is 4.71. The summed E-state index contributed by atoms with van der Waals surface area (Å²) in [5, 5.41) is 4.43. The minimum absolute atomic E-state index is 0.151. The molecular formula is C17H14ClNOS. The number of hydrogen-bond donors (Lipinski definition) is 1. The zero-order chi connectivity index (χ0) is 14.8. The van der Waals surface area contributed by atoms with Crippen LogP contribution in [-0.4, -0.2) is 5.91 Å². The Labute approximate surface area is 132 Å². The Bertz CT molecular complexity index is 809. The molecule has 21 heavy (non-hydrogen) atoms. The number of hydrogen-bond acceptors (Lipinski definition) is 2. The molecule has 0 saturated carbocycles. The molecule has 1 aromatic heterocycles. The normalized spacial score (nSPS) is 10.8. The van der Waals surface area contributed by atoms with E-state index in [4.69, 9.17) is 11.6 Å². The summed E-state index contributed by atoms with van der Waals surface area (Å²) in [6, 6.07) is 15.6. The molecule has 3 aromatic rings. The molecule has 1 N–H and O–H groups in total. The van der Waals surface area contributed by atoms with E-state index in [0.29, 0.717) is 9.90 Å². The lowest BCUT2D eigenvalue weighted by atomic mass is 10.1. The number of thiophene rings is 1. The van der Waals surface area contributed by atoms with Gasteiger partial charge in [0.05, 0.1) is 5.02 Å². The Morgan fingerprint density at radius 2 is 1.86 bits per heavy atom. The molecule has 4 heteroatoms. The molecule has 1 heterocycles. The van der Waals surface area contributed by atoms with Crippen LogP contribution in [-0.2, 0) is 6.42 Å². The van der Waals surface area contributed by atoms with Crippen molar-refractivity contribution in [2.45, 2.75) is 13.3 Å². The third-order valence-electron chi connectivity index (χ3n) is 3.39. The van der Waals surface area contributed by atoms with E-state index >= 15 is 0 Å². The van der Waals surface area contributed by atoms with Gasteiger partial charge < -0.3 is 5.32 Å². The fraction of sp³-hybridized carbons (Fsp3) is 0.118. The van der Waals surface area contributed by atoms with Crippen molar-refractivity contribution in [3.05, 3.63) is 64.0 Å². The summed E-state index contributed by atoms with van der Waals surface area (Å²) < 4.78 is 1.02. The second kappa shape index (κ2) is 5.88. The van der Waals surface area contributed by atoms with Crippen LogP contribution >= 0.6 is 22.9 Å². The molecule has 0 saturated heterocycles. The molecule has 2 aromatic carbocycles. The topological polar surface area (TPSA) is 29.1 Å². The Morgan fingerprint density at radius 3 is 2.62 bits per heavy atom. The van der Waals surface area contributed by atoms with E-state index in [1.165, 1.54) is 11.3 Å². The number of rotatable bonds is 3. The lowest BCUT2D eigenvalue weighted by molar-refractivity contribution is 0.103. The van der Waals surface area contributed by atoms with Crippen molar-refractivity contribution in [2.24, 2.45) is 0 Å². The number of anilines is 1. The largest absolute Gasteiger partial charge is 0.321 e. The third kappa shape index (κ3) is 2.67. The van der Waals surface area contributed by atoms with E-state index in [2.05, 4.69) is 12.2 Å². The van der Waals surface area contributed by atoms with Crippen LogP contribution in [0, 0.1) is 0 Å². The molecule has 1 amide bonds. The Morgan fingerprint density at radius 1 is 1.14 bits per heavy atom. The molecule has 0 atom stereocenters. The second-order valence-corrected chi connectivity index (χ2v) is 6.14. The van der Waals surface area contributed by atoms with E-state index in [9.17, 15) is 4.79 Å². The molecule has 0 spiro atoms. The molecule has 0 fully saturated rings. The lowest BCUT2D eigenvalue weighted by Gasteiger charge is -2.08. The summed E-state index contributed by atoms with van der Waals surface area (Å²) in [5.41, 5.74) is 1.96. The average Bonchev–Trinajstić information content (AvgIpc) is 2.85. The third-order valence-corrected chi connectivity index (χ3v) is 5.06. The van der Waals surface area contributed by atoms with Gasteiger partial charge in [-0.15, -0.1) is 11.3 Å². The molecule has 0 aliphatic carbocycles. The minimum Gasteiger partial charge on any atom is -0.321 e. The molecule has 0 radical (unpaired) electrons. The zero-order valence-corrected chi connectivity index (χ0v) is 13.1. The number of nitrogens with one attached hydrogen (secondary N) is 1. The van der Waals surface area contributed by atoms with Crippen LogP contribution in [0.1, 0.15) is 22.2 Å². The molecule has 0 bridgehead atoms. The van der Waals surface area contributed by atoms with Crippen LogP contribution in [0.15, 0.2) is 48.5 Å². The van der Waals surface area contributed by atoms with Crippen LogP contribution in [0.5, 0.6) is 0 Å². The van der Waals surface area contributed by atoms with Gasteiger partial charge >= 0.3 is 0 Å². The van der Waals surface area contributed by atoms with Crippen LogP contribution in [0.2, 0.25) is 5.02 Å². The standard InChI is InChI=1S/C17H14ClNOS/c1-2-11-7-3-5-9-13(11)19-17(20)16-15(18)12-8-4-6-10-14(12)21-16/h3-10H,2H2,1H3,(H,19,20). The van der Waals surface area contributed by atoms with Gasteiger partial charge in [0.15, 0.2) is 0 Å². The highest BCUT2D eigenvalue weighted by Crippen LogP contribution is 2.35. The van der Waals surface area contributed by atoms with Crippen LogP contribution in [0.3, 0.4) is 0 Å². The van der Waals surface area contributed by atoms with Crippen molar-refractivity contribution in [3.8, 4) is 0 Å². The van der Waals surface area contributed by atoms with Crippen LogP contribution in [0.25, 0.3) is 10.1 Å². The highest BCUT2D eigenvalue weighted by molar-refractivity contribution is 7.21. The molecule has 0 aliphatic rings. The summed E-state index contributed by atoms with van der Waals surface area (Å²) in [4.78, 5) is 13.0. The van der Waals surface area contributed by atoms with Gasteiger partial charge in [-0.05, 0) is 24.1 Å². The Hall–Kier alpha value is -1.84. The van der Waals surface area contributed by atoms with Gasteiger partial charge in [-0.3, -0.25) is 4.79 Å². The van der Waals surface area contributed by atoms with E-state index < -0.39 is 0 Å². The summed E-state index contributed by atoms with van der Waals surface area (Å²) in [5.74, 6) is -0.151. The summed E-state index contributed by atoms with van der Waals surface area (Å²) in [6.07, 6.45) is 0.872. The smallest absolute Gasteiger partial charge is 0.267 e. The van der Waals surface area contributed by atoms with Gasteiger partial charge in [-0.25, -0.2) is 0 Å². The molecule has 106 valence electrons. The molecule has 0 aliphatic heterocycles. The van der Waals surface area contributed by atoms with Gasteiger partial charge in [0.2, 0.25) is 0 Å². The summed E-state index contributed by atoms with van der Waals surface area (Å²) in [6.45, 7) is 2.07. The van der Waals surface area contributed by atoms with Crippen molar-refractivity contribution in [1.29, 1.82) is 0 Å². The first-order valence-corrected chi connectivity index (χ1v) is 7.96. The molecule has 2 nitrogen and oxygen atoms in total. The number of carbonyl (C=O) groups is 1. The summed E-state index contributed by atoms with van der Waals surface area (Å²) in [7, 11) is 0. The number of para-hydroxylation sites is 1. The predicted molar refractivity (Wildman–Crippen MR) is 90.6 cm³/mol. The first kappa shape index (κ1) is 14.1. The van der Waals surface area contributed by atoms with Crippen LogP contribution in [0.4, 0.5) is 5.69 Å². The molecule has 3 rings (SSSR count). The zero-order valence-electron chi connectivity index (χ0n) is 11.5. The van der Waals surface area contributed by atoms with Crippen molar-refractivity contribution in [1.82, 2.24) is 0 Å². The Kier molecular flexibility index (Phi) is 3.95. The average molecular weight is 316 g/mol. The van der Waals surface area contributed by atoms with Gasteiger partial charge in [-0.1, -0.05) is 54.9 Å². The van der Waals surface area contributed by atoms with Crippen LogP contribution < -0.4 is 5.32 Å². The number of benzene rings is 2. The predicted octanol–water partition coefficient (Wildman–Crippen LogP) is 5.37. The van der Waals surface area contributed by atoms with E-state index in [1.807, 2.05) is 48.5 Å². The minimum atomic E-state index is -0.151. The number of aryl methyl sites for hydroxylation is 1. The van der Waals surface area contributed by atoms with Gasteiger partial charge in [0.25, 0.3) is 5.91 Å². The number of amides is 1. The van der Waals surface area contributed by atoms with Gasteiger partial charge in [-0.2, -0.15) is 0 Å².